The maximum atomic E-state index is 12.9. The highest BCUT2D eigenvalue weighted by molar-refractivity contribution is 7.14. The standard InChI is InChI=1S/C32H38F3NO4S/c1-5-23(8-6-7-9-27-14-15-28(41-27)31(38)36-17-16-29(37)39-4)20-40-26-18-21(2)30(22(3)19-26)24-10-12-25(13-11-24)32(33,34)35/h10-15,18-19,23H,5-9,16-17,20H2,1-4H3,(H,36,38). The van der Waals surface area contributed by atoms with Crippen LogP contribution in [-0.4, -0.2) is 32.1 Å². The van der Waals surface area contributed by atoms with Gasteiger partial charge in [0, 0.05) is 11.4 Å². The van der Waals surface area contributed by atoms with E-state index in [0.29, 0.717) is 17.4 Å². The number of carbonyl (C=O) groups excluding carboxylic acids is 2. The van der Waals surface area contributed by atoms with E-state index in [1.165, 1.54) is 30.6 Å². The van der Waals surface area contributed by atoms with E-state index in [0.717, 1.165) is 77.1 Å². The summed E-state index contributed by atoms with van der Waals surface area (Å²) in [5.41, 5.74) is 2.94. The fourth-order valence-corrected chi connectivity index (χ4v) is 5.71. The Hall–Kier alpha value is -3.33. The van der Waals surface area contributed by atoms with Gasteiger partial charge in [-0.2, -0.15) is 13.2 Å². The maximum absolute atomic E-state index is 12.9. The monoisotopic (exact) mass is 589 g/mol. The predicted molar refractivity (Wildman–Crippen MR) is 156 cm³/mol. The molecule has 1 atom stereocenters. The normalized spacial score (nSPS) is 12.2. The molecule has 3 aromatic rings. The number of methoxy groups -OCH3 is 1. The van der Waals surface area contributed by atoms with Crippen LogP contribution in [0.25, 0.3) is 11.1 Å². The number of esters is 1. The van der Waals surface area contributed by atoms with Crippen molar-refractivity contribution >= 4 is 23.2 Å². The minimum absolute atomic E-state index is 0.149. The summed E-state index contributed by atoms with van der Waals surface area (Å²) in [6.45, 7) is 6.91. The molecule has 1 heterocycles. The summed E-state index contributed by atoms with van der Waals surface area (Å²) in [4.78, 5) is 25.2. The fourth-order valence-electron chi connectivity index (χ4n) is 4.74. The van der Waals surface area contributed by atoms with Crippen LogP contribution >= 0.6 is 11.3 Å². The van der Waals surface area contributed by atoms with E-state index in [1.54, 1.807) is 0 Å². The number of hydrogen-bond acceptors (Lipinski definition) is 5. The Labute approximate surface area is 244 Å². The number of ether oxygens (including phenoxy) is 2. The quantitative estimate of drug-likeness (QED) is 0.152. The first kappa shape index (κ1) is 32.2. The molecule has 5 nitrogen and oxygen atoms in total. The molecule has 0 aliphatic carbocycles. The second kappa shape index (κ2) is 15.1. The number of halogens is 3. The number of thiophene rings is 1. The van der Waals surface area contributed by atoms with E-state index in [-0.39, 0.29) is 24.8 Å². The molecular formula is C32H38F3NO4S. The maximum Gasteiger partial charge on any atom is 0.416 e. The molecule has 0 fully saturated rings. The second-order valence-corrected chi connectivity index (χ2v) is 11.4. The van der Waals surface area contributed by atoms with Gasteiger partial charge in [-0.25, -0.2) is 0 Å². The average Bonchev–Trinajstić information content (AvgIpc) is 3.41. The summed E-state index contributed by atoms with van der Waals surface area (Å²) in [7, 11) is 1.32. The molecule has 222 valence electrons. The zero-order valence-electron chi connectivity index (χ0n) is 24.0. The SMILES string of the molecule is CCC(CCCCc1ccc(C(=O)NCCC(=O)OC)s1)COc1cc(C)c(-c2ccc(C(F)(F)F)cc2)c(C)c1. The van der Waals surface area contributed by atoms with E-state index in [4.69, 9.17) is 4.74 Å². The fraction of sp³-hybridized carbons (Fsp3) is 0.438. The molecule has 0 spiro atoms. The summed E-state index contributed by atoms with van der Waals surface area (Å²) in [5.74, 6) is 0.647. The molecule has 2 aromatic carbocycles. The number of nitrogens with one attached hydrogen (secondary N) is 1. The van der Waals surface area contributed by atoms with Crippen LogP contribution in [-0.2, 0) is 22.1 Å². The van der Waals surface area contributed by atoms with Crippen LogP contribution < -0.4 is 10.1 Å². The van der Waals surface area contributed by atoms with Crippen LogP contribution in [0.5, 0.6) is 5.75 Å². The topological polar surface area (TPSA) is 64.6 Å². The Morgan fingerprint density at radius 2 is 1.68 bits per heavy atom. The molecule has 9 heteroatoms. The Bertz CT molecular complexity index is 1280. The zero-order valence-corrected chi connectivity index (χ0v) is 24.8. The van der Waals surface area contributed by atoms with Crippen molar-refractivity contribution in [3.8, 4) is 16.9 Å². The van der Waals surface area contributed by atoms with Crippen molar-refractivity contribution in [2.24, 2.45) is 5.92 Å². The van der Waals surface area contributed by atoms with Crippen molar-refractivity contribution in [2.45, 2.75) is 65.5 Å². The number of hydrogen-bond donors (Lipinski definition) is 1. The van der Waals surface area contributed by atoms with Crippen molar-refractivity contribution in [1.29, 1.82) is 0 Å². The van der Waals surface area contributed by atoms with Crippen LogP contribution in [0.4, 0.5) is 13.2 Å². The van der Waals surface area contributed by atoms with E-state index < -0.39 is 11.7 Å². The van der Waals surface area contributed by atoms with E-state index in [9.17, 15) is 22.8 Å². The molecule has 1 aromatic heterocycles. The Kier molecular flexibility index (Phi) is 11.8. The van der Waals surface area contributed by atoms with Gasteiger partial charge in [-0.1, -0.05) is 31.9 Å². The van der Waals surface area contributed by atoms with Crippen molar-refractivity contribution in [3.05, 3.63) is 75.0 Å². The highest BCUT2D eigenvalue weighted by atomic mass is 32.1. The zero-order chi connectivity index (χ0) is 30.0. The number of alkyl halides is 3. The molecule has 1 N–H and O–H groups in total. The van der Waals surface area contributed by atoms with Crippen LogP contribution in [0.1, 0.15) is 70.3 Å². The molecule has 0 bridgehead atoms. The van der Waals surface area contributed by atoms with E-state index >= 15 is 0 Å². The number of rotatable bonds is 14. The predicted octanol–water partition coefficient (Wildman–Crippen LogP) is 8.16. The van der Waals surface area contributed by atoms with Crippen LogP contribution in [0.2, 0.25) is 0 Å². The minimum Gasteiger partial charge on any atom is -0.493 e. The lowest BCUT2D eigenvalue weighted by Crippen LogP contribution is -2.25. The number of aryl methyl sites for hydroxylation is 3. The third-order valence-electron chi connectivity index (χ3n) is 7.08. The summed E-state index contributed by atoms with van der Waals surface area (Å²) >= 11 is 1.48. The number of benzene rings is 2. The third kappa shape index (κ3) is 9.63. The largest absolute Gasteiger partial charge is 0.493 e. The molecule has 0 saturated carbocycles. The van der Waals surface area contributed by atoms with Gasteiger partial charge in [0.05, 0.1) is 30.6 Å². The number of amides is 1. The van der Waals surface area contributed by atoms with Gasteiger partial charge < -0.3 is 14.8 Å². The Morgan fingerprint density at radius 3 is 2.29 bits per heavy atom. The van der Waals surface area contributed by atoms with Gasteiger partial charge in [0.2, 0.25) is 0 Å². The lowest BCUT2D eigenvalue weighted by molar-refractivity contribution is -0.140. The van der Waals surface area contributed by atoms with Gasteiger partial charge in [-0.05, 0) is 97.7 Å². The van der Waals surface area contributed by atoms with Crippen molar-refractivity contribution in [2.75, 3.05) is 20.3 Å². The number of unbranched alkanes of at least 4 members (excludes halogenated alkanes) is 1. The lowest BCUT2D eigenvalue weighted by atomic mass is 9.94. The highest BCUT2D eigenvalue weighted by Gasteiger charge is 2.30. The molecule has 0 radical (unpaired) electrons. The summed E-state index contributed by atoms with van der Waals surface area (Å²) in [5, 5.41) is 2.74. The first-order valence-electron chi connectivity index (χ1n) is 13.9. The van der Waals surface area contributed by atoms with Crippen molar-refractivity contribution < 1.29 is 32.2 Å². The first-order valence-corrected chi connectivity index (χ1v) is 14.7. The lowest BCUT2D eigenvalue weighted by Gasteiger charge is -2.18. The van der Waals surface area contributed by atoms with Crippen molar-refractivity contribution in [3.63, 3.8) is 0 Å². The number of carbonyl (C=O) groups is 2. The van der Waals surface area contributed by atoms with Crippen molar-refractivity contribution in [1.82, 2.24) is 5.32 Å². The smallest absolute Gasteiger partial charge is 0.416 e. The van der Waals surface area contributed by atoms with Crippen LogP contribution in [0.3, 0.4) is 0 Å². The van der Waals surface area contributed by atoms with E-state index in [1.807, 2.05) is 38.1 Å². The molecule has 3 rings (SSSR count). The average molecular weight is 590 g/mol. The van der Waals surface area contributed by atoms with Gasteiger partial charge in [-0.3, -0.25) is 9.59 Å². The van der Waals surface area contributed by atoms with Gasteiger partial charge in [-0.15, -0.1) is 11.3 Å². The van der Waals surface area contributed by atoms with Gasteiger partial charge in [0.1, 0.15) is 5.75 Å². The van der Waals surface area contributed by atoms with Gasteiger partial charge in [0.25, 0.3) is 5.91 Å². The molecule has 0 aliphatic heterocycles. The first-order chi connectivity index (χ1) is 19.5. The summed E-state index contributed by atoms with van der Waals surface area (Å²) < 4.78 is 49.5. The Balaban J connectivity index is 1.45. The van der Waals surface area contributed by atoms with Crippen LogP contribution in [0.15, 0.2) is 48.5 Å². The molecule has 0 aliphatic rings. The molecule has 41 heavy (non-hydrogen) atoms. The summed E-state index contributed by atoms with van der Waals surface area (Å²) in [6.07, 6.45) is 0.792. The van der Waals surface area contributed by atoms with Gasteiger partial charge in [0.15, 0.2) is 0 Å². The molecule has 0 saturated heterocycles. The highest BCUT2D eigenvalue weighted by Crippen LogP contribution is 2.34. The summed E-state index contributed by atoms with van der Waals surface area (Å²) in [6, 6.07) is 13.0. The van der Waals surface area contributed by atoms with Gasteiger partial charge >= 0.3 is 12.1 Å². The molecule has 1 unspecified atom stereocenters. The molecular weight excluding hydrogens is 551 g/mol. The van der Waals surface area contributed by atoms with Crippen LogP contribution in [0, 0.1) is 19.8 Å². The Morgan fingerprint density at radius 1 is 1.00 bits per heavy atom. The third-order valence-corrected chi connectivity index (χ3v) is 8.23. The molecule has 1 amide bonds. The van der Waals surface area contributed by atoms with E-state index in [2.05, 4.69) is 17.0 Å². The minimum atomic E-state index is -4.35. The second-order valence-electron chi connectivity index (χ2n) is 10.2.